The van der Waals surface area contributed by atoms with Gasteiger partial charge in [0.2, 0.25) is 0 Å². The first-order valence-electron chi connectivity index (χ1n) is 5.00. The summed E-state index contributed by atoms with van der Waals surface area (Å²) in [5.74, 6) is -0.451. The third-order valence-electron chi connectivity index (χ3n) is 2.46. The standard InChI is InChI=1S/C10H16N2O3.BrH/c1-4-12(5-2)6-8-7(3)15-11-9(8)10(13)14;/h4-6H2,1-3H3,(H,13,14);1H. The number of rotatable bonds is 5. The van der Waals surface area contributed by atoms with Crippen LogP contribution < -0.4 is 0 Å². The van der Waals surface area contributed by atoms with Crippen LogP contribution >= 0.6 is 17.0 Å². The molecule has 1 aromatic heterocycles. The second kappa shape index (κ2) is 6.65. The van der Waals surface area contributed by atoms with Crippen LogP contribution in [0.1, 0.15) is 35.7 Å². The van der Waals surface area contributed by atoms with Crippen molar-refractivity contribution in [1.82, 2.24) is 10.1 Å². The van der Waals surface area contributed by atoms with E-state index in [0.717, 1.165) is 13.1 Å². The number of aryl methyl sites for hydroxylation is 1. The summed E-state index contributed by atoms with van der Waals surface area (Å²) in [4.78, 5) is 13.0. The van der Waals surface area contributed by atoms with Crippen molar-refractivity contribution in [1.29, 1.82) is 0 Å². The van der Waals surface area contributed by atoms with Gasteiger partial charge in [-0.2, -0.15) is 0 Å². The van der Waals surface area contributed by atoms with Crippen molar-refractivity contribution < 1.29 is 14.4 Å². The van der Waals surface area contributed by atoms with Gasteiger partial charge in [-0.3, -0.25) is 4.90 Å². The molecule has 0 fully saturated rings. The number of carboxylic acid groups (broad SMARTS) is 1. The molecule has 0 aliphatic carbocycles. The van der Waals surface area contributed by atoms with E-state index < -0.39 is 5.97 Å². The maximum atomic E-state index is 10.9. The highest BCUT2D eigenvalue weighted by Crippen LogP contribution is 2.15. The van der Waals surface area contributed by atoms with Crippen LogP contribution in [0.5, 0.6) is 0 Å². The molecule has 0 radical (unpaired) electrons. The Balaban J connectivity index is 0.00000225. The van der Waals surface area contributed by atoms with Gasteiger partial charge in [-0.15, -0.1) is 17.0 Å². The lowest BCUT2D eigenvalue weighted by molar-refractivity contribution is 0.0683. The normalized spacial score (nSPS) is 10.2. The molecule has 1 rings (SSSR count). The molecule has 0 bridgehead atoms. The maximum absolute atomic E-state index is 10.9. The van der Waals surface area contributed by atoms with E-state index in [4.69, 9.17) is 9.63 Å². The van der Waals surface area contributed by atoms with Crippen LogP contribution in [0.3, 0.4) is 0 Å². The number of hydrogen-bond acceptors (Lipinski definition) is 4. The summed E-state index contributed by atoms with van der Waals surface area (Å²) in [6, 6.07) is 0. The summed E-state index contributed by atoms with van der Waals surface area (Å²) in [6.07, 6.45) is 0. The van der Waals surface area contributed by atoms with Gasteiger partial charge < -0.3 is 9.63 Å². The first kappa shape index (κ1) is 15.1. The summed E-state index contributed by atoms with van der Waals surface area (Å²) in [5, 5.41) is 12.4. The molecular formula is C10H17BrN2O3. The summed E-state index contributed by atoms with van der Waals surface area (Å²) < 4.78 is 4.89. The van der Waals surface area contributed by atoms with Crippen molar-refractivity contribution >= 4 is 23.0 Å². The number of carbonyl (C=O) groups is 1. The lowest BCUT2D eigenvalue weighted by Crippen LogP contribution is -2.23. The molecule has 5 nitrogen and oxygen atoms in total. The Morgan fingerprint density at radius 1 is 1.44 bits per heavy atom. The van der Waals surface area contributed by atoms with Gasteiger partial charge in [-0.05, 0) is 20.0 Å². The zero-order chi connectivity index (χ0) is 11.4. The lowest BCUT2D eigenvalue weighted by atomic mass is 10.2. The minimum Gasteiger partial charge on any atom is -0.476 e. The highest BCUT2D eigenvalue weighted by Gasteiger charge is 2.20. The largest absolute Gasteiger partial charge is 0.476 e. The highest BCUT2D eigenvalue weighted by atomic mass is 79.9. The van der Waals surface area contributed by atoms with Crippen molar-refractivity contribution in [3.05, 3.63) is 17.0 Å². The van der Waals surface area contributed by atoms with E-state index in [2.05, 4.69) is 10.1 Å². The second-order valence-electron chi connectivity index (χ2n) is 3.33. The predicted octanol–water partition coefficient (Wildman–Crippen LogP) is 2.10. The smallest absolute Gasteiger partial charge is 0.358 e. The summed E-state index contributed by atoms with van der Waals surface area (Å²) >= 11 is 0. The summed E-state index contributed by atoms with van der Waals surface area (Å²) in [5.41, 5.74) is 0.700. The Labute approximate surface area is 105 Å². The van der Waals surface area contributed by atoms with Crippen LogP contribution in [0, 0.1) is 6.92 Å². The molecule has 0 aliphatic rings. The van der Waals surface area contributed by atoms with Crippen molar-refractivity contribution in [3.63, 3.8) is 0 Å². The van der Waals surface area contributed by atoms with Gasteiger partial charge in [0, 0.05) is 12.1 Å². The molecule has 0 atom stereocenters. The third kappa shape index (κ3) is 3.31. The Bertz CT molecular complexity index is 348. The van der Waals surface area contributed by atoms with E-state index >= 15 is 0 Å². The highest BCUT2D eigenvalue weighted by molar-refractivity contribution is 8.93. The van der Waals surface area contributed by atoms with Crippen LogP contribution in [0.4, 0.5) is 0 Å². The van der Waals surface area contributed by atoms with E-state index in [0.29, 0.717) is 17.9 Å². The average Bonchev–Trinajstić information content (AvgIpc) is 2.56. The van der Waals surface area contributed by atoms with Gasteiger partial charge in [-0.25, -0.2) is 4.79 Å². The van der Waals surface area contributed by atoms with Crippen LogP contribution in [-0.4, -0.2) is 34.2 Å². The van der Waals surface area contributed by atoms with Crippen LogP contribution in [-0.2, 0) is 6.54 Å². The molecule has 1 N–H and O–H groups in total. The van der Waals surface area contributed by atoms with Crippen LogP contribution in [0.2, 0.25) is 0 Å². The topological polar surface area (TPSA) is 66.6 Å². The summed E-state index contributed by atoms with van der Waals surface area (Å²) in [6.45, 7) is 8.13. The fourth-order valence-corrected chi connectivity index (χ4v) is 1.42. The van der Waals surface area contributed by atoms with Crippen LogP contribution in [0.15, 0.2) is 4.52 Å². The van der Waals surface area contributed by atoms with Crippen molar-refractivity contribution in [2.24, 2.45) is 0 Å². The van der Waals surface area contributed by atoms with E-state index in [9.17, 15) is 4.79 Å². The fraction of sp³-hybridized carbons (Fsp3) is 0.600. The zero-order valence-corrected chi connectivity index (χ0v) is 11.4. The molecule has 0 spiro atoms. The van der Waals surface area contributed by atoms with E-state index in [1.165, 1.54) is 0 Å². The SMILES string of the molecule is Br.CCN(CC)Cc1c(C(=O)O)noc1C. The zero-order valence-electron chi connectivity index (χ0n) is 9.69. The maximum Gasteiger partial charge on any atom is 0.358 e. The van der Waals surface area contributed by atoms with Gasteiger partial charge >= 0.3 is 5.97 Å². The molecule has 0 aliphatic heterocycles. The second-order valence-corrected chi connectivity index (χ2v) is 3.33. The molecule has 0 saturated carbocycles. The van der Waals surface area contributed by atoms with Gasteiger partial charge in [0.15, 0.2) is 5.69 Å². The van der Waals surface area contributed by atoms with E-state index in [1.807, 2.05) is 13.8 Å². The number of halogens is 1. The molecule has 16 heavy (non-hydrogen) atoms. The first-order chi connectivity index (χ1) is 7.10. The Morgan fingerprint density at radius 2 is 2.00 bits per heavy atom. The Hall–Kier alpha value is -0.880. The molecule has 0 aromatic carbocycles. The molecule has 1 heterocycles. The predicted molar refractivity (Wildman–Crippen MR) is 65.1 cm³/mol. The molecule has 6 heteroatoms. The van der Waals surface area contributed by atoms with Crippen LogP contribution in [0.25, 0.3) is 0 Å². The molecule has 0 unspecified atom stereocenters. The molecule has 1 aromatic rings. The van der Waals surface area contributed by atoms with Gasteiger partial charge in [0.1, 0.15) is 5.76 Å². The summed E-state index contributed by atoms with van der Waals surface area (Å²) in [7, 11) is 0. The first-order valence-corrected chi connectivity index (χ1v) is 5.00. The molecule has 0 saturated heterocycles. The van der Waals surface area contributed by atoms with E-state index in [-0.39, 0.29) is 22.7 Å². The number of hydrogen-bond donors (Lipinski definition) is 1. The van der Waals surface area contributed by atoms with Gasteiger partial charge in [-0.1, -0.05) is 19.0 Å². The number of aromatic nitrogens is 1. The molecular weight excluding hydrogens is 276 g/mol. The van der Waals surface area contributed by atoms with Crippen molar-refractivity contribution in [2.75, 3.05) is 13.1 Å². The monoisotopic (exact) mass is 292 g/mol. The van der Waals surface area contributed by atoms with Crippen molar-refractivity contribution in [3.8, 4) is 0 Å². The average molecular weight is 293 g/mol. The minimum absolute atomic E-state index is 0. The Morgan fingerprint density at radius 3 is 2.44 bits per heavy atom. The lowest BCUT2D eigenvalue weighted by Gasteiger charge is -2.17. The number of carboxylic acids is 1. The molecule has 92 valence electrons. The van der Waals surface area contributed by atoms with E-state index in [1.54, 1.807) is 6.92 Å². The quantitative estimate of drug-likeness (QED) is 0.900. The minimum atomic E-state index is -1.03. The number of aromatic carboxylic acids is 1. The third-order valence-corrected chi connectivity index (χ3v) is 2.46. The Kier molecular flexibility index (Phi) is 6.28. The van der Waals surface area contributed by atoms with Gasteiger partial charge in [0.05, 0.1) is 0 Å². The number of nitrogens with zero attached hydrogens (tertiary/aromatic N) is 2. The van der Waals surface area contributed by atoms with Gasteiger partial charge in [0.25, 0.3) is 0 Å². The molecule has 0 amide bonds. The van der Waals surface area contributed by atoms with Crippen molar-refractivity contribution in [2.45, 2.75) is 27.3 Å². The fourth-order valence-electron chi connectivity index (χ4n) is 1.42.